The Labute approximate surface area is 90.2 Å². The Balaban J connectivity index is 1.74. The van der Waals surface area contributed by atoms with Gasteiger partial charge in [-0.1, -0.05) is 0 Å². The van der Waals surface area contributed by atoms with E-state index in [0.717, 1.165) is 25.8 Å². The molecule has 1 amide bonds. The SMILES string of the molecule is CN(CC1CC(O)C1)C(=O)C1CCOC1. The fourth-order valence-electron chi connectivity index (χ4n) is 2.37. The van der Waals surface area contributed by atoms with Crippen LogP contribution >= 0.6 is 0 Å². The largest absolute Gasteiger partial charge is 0.393 e. The third-order valence-electron chi connectivity index (χ3n) is 3.40. The van der Waals surface area contributed by atoms with Crippen LogP contribution in [0.4, 0.5) is 0 Å². The van der Waals surface area contributed by atoms with Gasteiger partial charge in [0.05, 0.1) is 18.6 Å². The molecule has 0 bridgehead atoms. The fourth-order valence-corrected chi connectivity index (χ4v) is 2.37. The maximum absolute atomic E-state index is 11.9. The molecule has 1 N–H and O–H groups in total. The molecule has 1 saturated carbocycles. The molecule has 1 aliphatic heterocycles. The van der Waals surface area contributed by atoms with Gasteiger partial charge in [-0.2, -0.15) is 0 Å². The van der Waals surface area contributed by atoms with Crippen molar-refractivity contribution in [2.45, 2.75) is 25.4 Å². The summed E-state index contributed by atoms with van der Waals surface area (Å²) in [4.78, 5) is 13.7. The highest BCUT2D eigenvalue weighted by Gasteiger charge is 2.31. The van der Waals surface area contributed by atoms with E-state index in [1.807, 2.05) is 7.05 Å². The van der Waals surface area contributed by atoms with Crippen molar-refractivity contribution < 1.29 is 14.6 Å². The molecule has 0 spiro atoms. The number of aliphatic hydroxyl groups is 1. The van der Waals surface area contributed by atoms with Crippen LogP contribution in [0.3, 0.4) is 0 Å². The summed E-state index contributed by atoms with van der Waals surface area (Å²) in [6.07, 6.45) is 2.42. The van der Waals surface area contributed by atoms with Crippen LogP contribution in [0.1, 0.15) is 19.3 Å². The van der Waals surface area contributed by atoms with Crippen molar-refractivity contribution in [3.05, 3.63) is 0 Å². The van der Waals surface area contributed by atoms with Crippen molar-refractivity contribution in [2.24, 2.45) is 11.8 Å². The average Bonchev–Trinajstić information content (AvgIpc) is 2.66. The van der Waals surface area contributed by atoms with Gasteiger partial charge in [-0.3, -0.25) is 4.79 Å². The lowest BCUT2D eigenvalue weighted by Crippen LogP contribution is -2.41. The first kappa shape index (κ1) is 10.9. The average molecular weight is 213 g/mol. The van der Waals surface area contributed by atoms with Crippen molar-refractivity contribution in [2.75, 3.05) is 26.8 Å². The molecule has 4 heteroatoms. The summed E-state index contributed by atoms with van der Waals surface area (Å²) in [6, 6.07) is 0. The monoisotopic (exact) mass is 213 g/mol. The Morgan fingerprint density at radius 2 is 2.27 bits per heavy atom. The summed E-state index contributed by atoms with van der Waals surface area (Å²) in [5.74, 6) is 0.769. The molecule has 0 aromatic heterocycles. The van der Waals surface area contributed by atoms with E-state index < -0.39 is 0 Å². The summed E-state index contributed by atoms with van der Waals surface area (Å²) in [5.41, 5.74) is 0. The quantitative estimate of drug-likeness (QED) is 0.731. The molecule has 4 nitrogen and oxygen atoms in total. The number of ether oxygens (including phenoxy) is 1. The number of nitrogens with zero attached hydrogens (tertiary/aromatic N) is 1. The van der Waals surface area contributed by atoms with E-state index in [1.165, 1.54) is 0 Å². The maximum Gasteiger partial charge on any atom is 0.227 e. The zero-order valence-electron chi connectivity index (χ0n) is 9.19. The van der Waals surface area contributed by atoms with Crippen molar-refractivity contribution in [1.82, 2.24) is 4.90 Å². The normalized spacial score (nSPS) is 34.9. The molecule has 1 unspecified atom stereocenters. The predicted molar refractivity (Wildman–Crippen MR) is 55.3 cm³/mol. The molecular weight excluding hydrogens is 194 g/mol. The van der Waals surface area contributed by atoms with Gasteiger partial charge in [0.15, 0.2) is 0 Å². The van der Waals surface area contributed by atoms with Gasteiger partial charge < -0.3 is 14.7 Å². The Hall–Kier alpha value is -0.610. The van der Waals surface area contributed by atoms with Crippen LogP contribution in [0, 0.1) is 11.8 Å². The lowest BCUT2D eigenvalue weighted by molar-refractivity contribution is -0.135. The first-order valence-corrected chi connectivity index (χ1v) is 5.67. The van der Waals surface area contributed by atoms with Gasteiger partial charge in [-0.15, -0.1) is 0 Å². The van der Waals surface area contributed by atoms with Gasteiger partial charge in [-0.25, -0.2) is 0 Å². The summed E-state index contributed by atoms with van der Waals surface area (Å²) >= 11 is 0. The van der Waals surface area contributed by atoms with Gasteiger partial charge >= 0.3 is 0 Å². The van der Waals surface area contributed by atoms with E-state index in [-0.39, 0.29) is 17.9 Å². The van der Waals surface area contributed by atoms with Crippen molar-refractivity contribution in [3.8, 4) is 0 Å². The van der Waals surface area contributed by atoms with E-state index in [1.54, 1.807) is 4.90 Å². The third-order valence-corrected chi connectivity index (χ3v) is 3.40. The minimum Gasteiger partial charge on any atom is -0.393 e. The Kier molecular flexibility index (Phi) is 3.26. The van der Waals surface area contributed by atoms with E-state index in [4.69, 9.17) is 9.84 Å². The molecule has 1 heterocycles. The number of carbonyl (C=O) groups excluding carboxylic acids is 1. The zero-order valence-corrected chi connectivity index (χ0v) is 9.19. The summed E-state index contributed by atoms with van der Waals surface area (Å²) < 4.78 is 5.20. The second kappa shape index (κ2) is 4.49. The van der Waals surface area contributed by atoms with Crippen LogP contribution in [0.5, 0.6) is 0 Å². The van der Waals surface area contributed by atoms with E-state index in [0.29, 0.717) is 19.1 Å². The molecule has 2 rings (SSSR count). The molecule has 0 radical (unpaired) electrons. The molecule has 0 aromatic carbocycles. The standard InChI is InChI=1S/C11H19NO3/c1-12(6-8-4-10(13)5-8)11(14)9-2-3-15-7-9/h8-10,13H,2-7H2,1H3. The van der Waals surface area contributed by atoms with E-state index >= 15 is 0 Å². The Morgan fingerprint density at radius 1 is 1.53 bits per heavy atom. The van der Waals surface area contributed by atoms with Gasteiger partial charge in [0.2, 0.25) is 5.91 Å². The summed E-state index contributed by atoms with van der Waals surface area (Å²) in [7, 11) is 1.85. The topological polar surface area (TPSA) is 49.8 Å². The number of carbonyl (C=O) groups is 1. The molecule has 1 atom stereocenters. The van der Waals surface area contributed by atoms with Crippen molar-refractivity contribution >= 4 is 5.91 Å². The van der Waals surface area contributed by atoms with E-state index in [2.05, 4.69) is 0 Å². The Bertz CT molecular complexity index is 232. The van der Waals surface area contributed by atoms with Gasteiger partial charge in [0.1, 0.15) is 0 Å². The highest BCUT2D eigenvalue weighted by atomic mass is 16.5. The van der Waals surface area contributed by atoms with E-state index in [9.17, 15) is 4.79 Å². The van der Waals surface area contributed by atoms with Crippen LogP contribution in [-0.2, 0) is 9.53 Å². The molecule has 86 valence electrons. The Morgan fingerprint density at radius 3 is 2.80 bits per heavy atom. The smallest absolute Gasteiger partial charge is 0.227 e. The van der Waals surface area contributed by atoms with Crippen LogP contribution in [0.15, 0.2) is 0 Å². The second-order valence-corrected chi connectivity index (χ2v) is 4.77. The van der Waals surface area contributed by atoms with Crippen LogP contribution in [-0.4, -0.2) is 48.8 Å². The molecule has 1 saturated heterocycles. The van der Waals surface area contributed by atoms with Gasteiger partial charge in [0.25, 0.3) is 0 Å². The number of hydrogen-bond acceptors (Lipinski definition) is 3. The number of rotatable bonds is 3. The zero-order chi connectivity index (χ0) is 10.8. The van der Waals surface area contributed by atoms with Crippen molar-refractivity contribution in [1.29, 1.82) is 0 Å². The van der Waals surface area contributed by atoms with Gasteiger partial charge in [0, 0.05) is 20.2 Å². The predicted octanol–water partition coefficient (Wildman–Crippen LogP) is 0.252. The first-order chi connectivity index (χ1) is 7.16. The summed E-state index contributed by atoms with van der Waals surface area (Å²) in [6.45, 7) is 2.08. The number of amides is 1. The van der Waals surface area contributed by atoms with Crippen molar-refractivity contribution in [3.63, 3.8) is 0 Å². The van der Waals surface area contributed by atoms with Crippen LogP contribution < -0.4 is 0 Å². The number of aliphatic hydroxyl groups excluding tert-OH is 1. The minimum absolute atomic E-state index is 0.0694. The third kappa shape index (κ3) is 2.49. The molecule has 2 aliphatic rings. The van der Waals surface area contributed by atoms with Gasteiger partial charge in [-0.05, 0) is 25.2 Å². The lowest BCUT2D eigenvalue weighted by atomic mass is 9.82. The molecule has 15 heavy (non-hydrogen) atoms. The molecule has 2 fully saturated rings. The van der Waals surface area contributed by atoms with Crippen LogP contribution in [0.2, 0.25) is 0 Å². The highest BCUT2D eigenvalue weighted by Crippen LogP contribution is 2.28. The first-order valence-electron chi connectivity index (χ1n) is 5.67. The lowest BCUT2D eigenvalue weighted by Gasteiger charge is -2.35. The molecule has 1 aliphatic carbocycles. The maximum atomic E-state index is 11.9. The highest BCUT2D eigenvalue weighted by molar-refractivity contribution is 5.78. The minimum atomic E-state index is -0.131. The molecule has 0 aromatic rings. The second-order valence-electron chi connectivity index (χ2n) is 4.77. The van der Waals surface area contributed by atoms with Crippen LogP contribution in [0.25, 0.3) is 0 Å². The molecular formula is C11H19NO3. The summed E-state index contributed by atoms with van der Waals surface area (Å²) in [5, 5.41) is 9.16. The fraction of sp³-hybridized carbons (Fsp3) is 0.909. The number of hydrogen-bond donors (Lipinski definition) is 1.